The lowest BCUT2D eigenvalue weighted by atomic mass is 9.90. The van der Waals surface area contributed by atoms with Crippen LogP contribution in [0.15, 0.2) is 71.2 Å². The third-order valence-electron chi connectivity index (χ3n) is 6.06. The Kier molecular flexibility index (Phi) is 5.65. The largest absolute Gasteiger partial charge is 0.504 e. The number of hydroxylamine groups is 1. The van der Waals surface area contributed by atoms with Gasteiger partial charge in [-0.05, 0) is 54.1 Å². The minimum Gasteiger partial charge on any atom is -0.504 e. The van der Waals surface area contributed by atoms with Gasteiger partial charge in [0.25, 0.3) is 11.6 Å². The third kappa shape index (κ3) is 3.78. The number of nitrogens with zero attached hydrogens (tertiary/aromatic N) is 3. The zero-order valence-electron chi connectivity index (χ0n) is 18.2. The maximum Gasteiger partial charge on any atom is 0.269 e. The molecular formula is C24H18BrN3O7. The summed E-state index contributed by atoms with van der Waals surface area (Å²) in [6.45, 7) is 0. The highest BCUT2D eigenvalue weighted by atomic mass is 79.9. The number of phenolic OH excluding ortho intramolecular Hbond substituents is 1. The molecule has 2 aliphatic rings. The fraction of sp³-hybridized carbons (Fsp3) is 0.167. The molecule has 0 saturated carbocycles. The van der Waals surface area contributed by atoms with Crippen molar-refractivity contribution in [2.45, 2.75) is 12.1 Å². The Hall–Kier alpha value is -3.96. The zero-order valence-corrected chi connectivity index (χ0v) is 19.8. The van der Waals surface area contributed by atoms with Gasteiger partial charge in [0.15, 0.2) is 17.6 Å². The molecule has 11 heteroatoms. The first kappa shape index (κ1) is 22.8. The summed E-state index contributed by atoms with van der Waals surface area (Å²) in [7, 11) is 1.40. The molecule has 3 aromatic carbocycles. The number of ether oxygens (including phenoxy) is 1. The second-order valence-electron chi connectivity index (χ2n) is 8.02. The number of nitro groups is 1. The third-order valence-corrected chi connectivity index (χ3v) is 6.59. The average molecular weight is 540 g/mol. The van der Waals surface area contributed by atoms with Crippen molar-refractivity contribution in [3.63, 3.8) is 0 Å². The molecule has 0 bridgehead atoms. The standard InChI is InChI=1S/C24H18BrN3O7/c1-34-19-12-13(2-11-18(19)29)21-20-22(35-27(21)16-7-9-17(10-8-16)28(32)33)24(31)26(23(20)30)15-5-3-14(25)4-6-15/h2-12,20-22,29H,1H3/t20-,21+,22+/m0/s1. The van der Waals surface area contributed by atoms with Gasteiger partial charge >= 0.3 is 0 Å². The average Bonchev–Trinajstić information content (AvgIpc) is 3.36. The molecule has 0 radical (unpaired) electrons. The molecule has 178 valence electrons. The van der Waals surface area contributed by atoms with Crippen molar-refractivity contribution in [1.29, 1.82) is 0 Å². The molecule has 1 N–H and O–H groups in total. The van der Waals surface area contributed by atoms with Crippen LogP contribution < -0.4 is 14.7 Å². The van der Waals surface area contributed by atoms with Crippen LogP contribution in [-0.4, -0.2) is 35.1 Å². The van der Waals surface area contributed by atoms with Crippen LogP contribution in [0.3, 0.4) is 0 Å². The quantitative estimate of drug-likeness (QED) is 0.291. The first-order valence-electron chi connectivity index (χ1n) is 10.5. The summed E-state index contributed by atoms with van der Waals surface area (Å²) in [6.07, 6.45) is -1.11. The fourth-order valence-electron chi connectivity index (χ4n) is 4.42. The highest BCUT2D eigenvalue weighted by Crippen LogP contribution is 2.48. The minimum absolute atomic E-state index is 0.0843. The van der Waals surface area contributed by atoms with Crippen molar-refractivity contribution >= 4 is 44.8 Å². The predicted molar refractivity (Wildman–Crippen MR) is 128 cm³/mol. The van der Waals surface area contributed by atoms with E-state index in [1.54, 1.807) is 36.4 Å². The normalized spacial score (nSPS) is 21.4. The Labute approximate surface area is 207 Å². The molecule has 0 spiro atoms. The van der Waals surface area contributed by atoms with Gasteiger partial charge in [-0.3, -0.25) is 24.5 Å². The summed E-state index contributed by atoms with van der Waals surface area (Å²) in [4.78, 5) is 44.7. The molecule has 2 heterocycles. The van der Waals surface area contributed by atoms with E-state index in [0.717, 1.165) is 9.37 Å². The molecule has 0 unspecified atom stereocenters. The number of nitro benzene ring substituents is 1. The number of halogens is 1. The summed E-state index contributed by atoms with van der Waals surface area (Å²) < 4.78 is 6.04. The maximum atomic E-state index is 13.6. The van der Waals surface area contributed by atoms with Gasteiger partial charge in [0.1, 0.15) is 5.92 Å². The number of fused-ring (bicyclic) bond motifs is 1. The topological polar surface area (TPSA) is 122 Å². The lowest BCUT2D eigenvalue weighted by Crippen LogP contribution is -2.37. The lowest BCUT2D eigenvalue weighted by molar-refractivity contribution is -0.384. The van der Waals surface area contributed by atoms with Crippen LogP contribution in [0.4, 0.5) is 17.1 Å². The summed E-state index contributed by atoms with van der Waals surface area (Å²) in [6, 6.07) is 16.3. The second-order valence-corrected chi connectivity index (χ2v) is 8.93. The smallest absolute Gasteiger partial charge is 0.269 e. The van der Waals surface area contributed by atoms with Crippen LogP contribution in [0.5, 0.6) is 11.5 Å². The van der Waals surface area contributed by atoms with E-state index in [4.69, 9.17) is 9.57 Å². The highest BCUT2D eigenvalue weighted by Gasteiger charge is 2.60. The van der Waals surface area contributed by atoms with Gasteiger partial charge in [-0.25, -0.2) is 9.96 Å². The van der Waals surface area contributed by atoms with E-state index in [9.17, 15) is 24.8 Å². The van der Waals surface area contributed by atoms with Crippen LogP contribution in [-0.2, 0) is 14.4 Å². The lowest BCUT2D eigenvalue weighted by Gasteiger charge is -2.29. The van der Waals surface area contributed by atoms with E-state index in [1.807, 2.05) is 0 Å². The number of benzene rings is 3. The van der Waals surface area contributed by atoms with Crippen LogP contribution >= 0.6 is 15.9 Å². The van der Waals surface area contributed by atoms with Gasteiger partial charge < -0.3 is 9.84 Å². The molecule has 0 aromatic heterocycles. The van der Waals surface area contributed by atoms with Gasteiger partial charge in [0.2, 0.25) is 5.91 Å². The molecule has 2 fully saturated rings. The van der Waals surface area contributed by atoms with E-state index in [0.29, 0.717) is 16.9 Å². The number of hydrogen-bond donors (Lipinski definition) is 1. The number of phenols is 1. The molecule has 5 rings (SSSR count). The van der Waals surface area contributed by atoms with Crippen molar-refractivity contribution in [1.82, 2.24) is 0 Å². The van der Waals surface area contributed by atoms with Gasteiger partial charge in [-0.2, -0.15) is 0 Å². The number of non-ortho nitro benzene ring substituents is 1. The number of carbonyl (C=O) groups is 2. The number of aromatic hydroxyl groups is 1. The minimum atomic E-state index is -1.11. The summed E-state index contributed by atoms with van der Waals surface area (Å²) in [5, 5.41) is 22.6. The molecule has 3 atom stereocenters. The predicted octanol–water partition coefficient (Wildman–Crippen LogP) is 4.12. The van der Waals surface area contributed by atoms with Crippen molar-refractivity contribution in [3.05, 3.63) is 86.9 Å². The monoisotopic (exact) mass is 539 g/mol. The van der Waals surface area contributed by atoms with Gasteiger partial charge in [0, 0.05) is 16.6 Å². The summed E-state index contributed by atoms with van der Waals surface area (Å²) in [5.41, 5.74) is 1.30. The first-order chi connectivity index (χ1) is 16.8. The molecule has 0 aliphatic carbocycles. The Bertz CT molecular complexity index is 1330. The number of imide groups is 1. The SMILES string of the molecule is COc1cc([C@@H]2[C@@H]3C(=O)N(c4ccc(Br)cc4)C(=O)[C@@H]3ON2c2ccc([N+](=O)[O-])cc2)ccc1O. The van der Waals surface area contributed by atoms with Gasteiger partial charge in [0.05, 0.1) is 29.4 Å². The van der Waals surface area contributed by atoms with Crippen LogP contribution in [0.1, 0.15) is 11.6 Å². The molecular weight excluding hydrogens is 522 g/mol. The number of rotatable bonds is 5. The van der Waals surface area contributed by atoms with Crippen LogP contribution in [0.25, 0.3) is 0 Å². The van der Waals surface area contributed by atoms with E-state index < -0.39 is 34.8 Å². The van der Waals surface area contributed by atoms with Crippen molar-refractivity contribution in [3.8, 4) is 11.5 Å². The Morgan fingerprint density at radius 1 is 1.00 bits per heavy atom. The molecule has 35 heavy (non-hydrogen) atoms. The molecule has 2 amide bonds. The molecule has 10 nitrogen and oxygen atoms in total. The molecule has 3 aromatic rings. The van der Waals surface area contributed by atoms with E-state index >= 15 is 0 Å². The fourth-order valence-corrected chi connectivity index (χ4v) is 4.69. The number of anilines is 2. The van der Waals surface area contributed by atoms with Gasteiger partial charge in [-0.1, -0.05) is 22.0 Å². The Morgan fingerprint density at radius 3 is 2.29 bits per heavy atom. The number of carbonyl (C=O) groups excluding carboxylic acids is 2. The van der Waals surface area contributed by atoms with Crippen LogP contribution in [0.2, 0.25) is 0 Å². The molecule has 2 saturated heterocycles. The maximum absolute atomic E-state index is 13.6. The van der Waals surface area contributed by atoms with Gasteiger partial charge in [-0.15, -0.1) is 0 Å². The first-order valence-corrected chi connectivity index (χ1v) is 11.3. The molecule has 2 aliphatic heterocycles. The van der Waals surface area contributed by atoms with E-state index in [-0.39, 0.29) is 17.2 Å². The highest BCUT2D eigenvalue weighted by molar-refractivity contribution is 9.10. The number of hydrogen-bond acceptors (Lipinski definition) is 8. The van der Waals surface area contributed by atoms with Crippen molar-refractivity contribution < 1.29 is 29.2 Å². The summed E-state index contributed by atoms with van der Waals surface area (Å²) in [5.74, 6) is -1.75. The Morgan fingerprint density at radius 2 is 1.66 bits per heavy atom. The van der Waals surface area contributed by atoms with Crippen molar-refractivity contribution in [2.75, 3.05) is 17.1 Å². The Balaban J connectivity index is 1.59. The van der Waals surface area contributed by atoms with E-state index in [2.05, 4.69) is 15.9 Å². The number of amides is 2. The number of methoxy groups -OCH3 is 1. The summed E-state index contributed by atoms with van der Waals surface area (Å²) >= 11 is 3.35. The van der Waals surface area contributed by atoms with Crippen molar-refractivity contribution in [2.24, 2.45) is 5.92 Å². The van der Waals surface area contributed by atoms with Crippen LogP contribution in [0, 0.1) is 16.0 Å². The zero-order chi connectivity index (χ0) is 24.9. The second kappa shape index (κ2) is 8.67. The van der Waals surface area contributed by atoms with E-state index in [1.165, 1.54) is 42.5 Å².